The third-order valence-electron chi connectivity index (χ3n) is 3.47. The van der Waals surface area contributed by atoms with E-state index in [1.807, 2.05) is 31.2 Å². The molecule has 0 radical (unpaired) electrons. The monoisotopic (exact) mass is 312 g/mol. The van der Waals surface area contributed by atoms with Crippen molar-refractivity contribution in [2.75, 3.05) is 17.7 Å². The molecule has 23 heavy (non-hydrogen) atoms. The number of hydrogen-bond donors (Lipinski definition) is 2. The minimum absolute atomic E-state index is 0.366. The summed E-state index contributed by atoms with van der Waals surface area (Å²) in [7, 11) is 1.72. The van der Waals surface area contributed by atoms with Gasteiger partial charge in [-0.3, -0.25) is 4.79 Å². The minimum Gasteiger partial charge on any atom is -0.449 e. The smallest absolute Gasteiger partial charge is 0.341 e. The standard InChI is InChI=1S/C18H20N2O3/c1-12-8-4-6-10-15(12)20-17(21)13(2)23-18(22)14-9-5-7-11-16(14)19-3/h4-11,13,19H,1-3H3,(H,20,21). The molecule has 2 N–H and O–H groups in total. The van der Waals surface area contributed by atoms with Gasteiger partial charge in [-0.2, -0.15) is 0 Å². The largest absolute Gasteiger partial charge is 0.449 e. The Hall–Kier alpha value is -2.82. The molecular weight excluding hydrogens is 292 g/mol. The van der Waals surface area contributed by atoms with Gasteiger partial charge in [-0.25, -0.2) is 4.79 Å². The fraction of sp³-hybridized carbons (Fsp3) is 0.222. The van der Waals surface area contributed by atoms with E-state index in [4.69, 9.17) is 4.74 Å². The van der Waals surface area contributed by atoms with E-state index in [9.17, 15) is 9.59 Å². The van der Waals surface area contributed by atoms with Gasteiger partial charge in [0.2, 0.25) is 0 Å². The van der Waals surface area contributed by atoms with Crippen molar-refractivity contribution in [3.63, 3.8) is 0 Å². The summed E-state index contributed by atoms with van der Waals surface area (Å²) in [5, 5.41) is 5.69. The van der Waals surface area contributed by atoms with Crippen LogP contribution in [0.5, 0.6) is 0 Å². The molecule has 0 fully saturated rings. The zero-order valence-corrected chi connectivity index (χ0v) is 13.4. The molecule has 2 aromatic carbocycles. The molecule has 120 valence electrons. The SMILES string of the molecule is CNc1ccccc1C(=O)OC(C)C(=O)Nc1ccccc1C. The summed E-state index contributed by atoms with van der Waals surface area (Å²) in [6.45, 7) is 3.45. The number of esters is 1. The van der Waals surface area contributed by atoms with Gasteiger partial charge >= 0.3 is 5.97 Å². The van der Waals surface area contributed by atoms with Crippen LogP contribution in [-0.2, 0) is 9.53 Å². The quantitative estimate of drug-likeness (QED) is 0.832. The second-order valence-corrected chi connectivity index (χ2v) is 5.15. The first-order valence-electron chi connectivity index (χ1n) is 7.37. The summed E-state index contributed by atoms with van der Waals surface area (Å²) in [5.41, 5.74) is 2.70. The van der Waals surface area contributed by atoms with Crippen LogP contribution < -0.4 is 10.6 Å². The van der Waals surface area contributed by atoms with Crippen LogP contribution in [0.15, 0.2) is 48.5 Å². The lowest BCUT2D eigenvalue weighted by molar-refractivity contribution is -0.123. The molecule has 0 saturated carbocycles. The Bertz CT molecular complexity index is 713. The first-order valence-corrected chi connectivity index (χ1v) is 7.37. The Morgan fingerprint density at radius 3 is 2.26 bits per heavy atom. The van der Waals surface area contributed by atoms with Crippen molar-refractivity contribution in [1.29, 1.82) is 0 Å². The summed E-state index contributed by atoms with van der Waals surface area (Å²) in [6, 6.07) is 14.4. The summed E-state index contributed by atoms with van der Waals surface area (Å²) < 4.78 is 5.26. The second-order valence-electron chi connectivity index (χ2n) is 5.15. The predicted octanol–water partition coefficient (Wildman–Crippen LogP) is 3.22. The van der Waals surface area contributed by atoms with Crippen LogP contribution in [0, 0.1) is 6.92 Å². The van der Waals surface area contributed by atoms with Gasteiger partial charge < -0.3 is 15.4 Å². The van der Waals surface area contributed by atoms with Crippen LogP contribution in [-0.4, -0.2) is 25.0 Å². The zero-order valence-electron chi connectivity index (χ0n) is 13.4. The highest BCUT2D eigenvalue weighted by molar-refractivity contribution is 5.99. The zero-order chi connectivity index (χ0) is 16.8. The van der Waals surface area contributed by atoms with Crippen LogP contribution in [0.4, 0.5) is 11.4 Å². The average Bonchev–Trinajstić information content (AvgIpc) is 2.56. The van der Waals surface area contributed by atoms with E-state index in [0.717, 1.165) is 5.56 Å². The van der Waals surface area contributed by atoms with Crippen LogP contribution in [0.1, 0.15) is 22.8 Å². The predicted molar refractivity (Wildman–Crippen MR) is 90.7 cm³/mol. The van der Waals surface area contributed by atoms with Gasteiger partial charge in [-0.05, 0) is 37.6 Å². The summed E-state index contributed by atoms with van der Waals surface area (Å²) >= 11 is 0. The van der Waals surface area contributed by atoms with E-state index in [1.54, 1.807) is 38.2 Å². The highest BCUT2D eigenvalue weighted by Gasteiger charge is 2.20. The summed E-state index contributed by atoms with van der Waals surface area (Å²) in [6.07, 6.45) is -0.896. The van der Waals surface area contributed by atoms with E-state index >= 15 is 0 Å². The van der Waals surface area contributed by atoms with Crippen molar-refractivity contribution in [2.45, 2.75) is 20.0 Å². The van der Waals surface area contributed by atoms with Crippen molar-refractivity contribution in [3.05, 3.63) is 59.7 Å². The van der Waals surface area contributed by atoms with Gasteiger partial charge in [0.25, 0.3) is 5.91 Å². The van der Waals surface area contributed by atoms with Crippen molar-refractivity contribution in [1.82, 2.24) is 0 Å². The minimum atomic E-state index is -0.896. The molecule has 0 saturated heterocycles. The lowest BCUT2D eigenvalue weighted by atomic mass is 10.2. The maximum Gasteiger partial charge on any atom is 0.341 e. The number of ether oxygens (including phenoxy) is 1. The Labute approximate surface area is 135 Å². The van der Waals surface area contributed by atoms with E-state index in [1.165, 1.54) is 0 Å². The first kappa shape index (κ1) is 16.5. The van der Waals surface area contributed by atoms with Crippen molar-refractivity contribution >= 4 is 23.3 Å². The topological polar surface area (TPSA) is 67.4 Å². The van der Waals surface area contributed by atoms with Gasteiger partial charge in [0.05, 0.1) is 5.56 Å². The number of hydrogen-bond acceptors (Lipinski definition) is 4. The highest BCUT2D eigenvalue weighted by Crippen LogP contribution is 2.17. The third kappa shape index (κ3) is 4.10. The molecular formula is C18H20N2O3. The van der Waals surface area contributed by atoms with Crippen LogP contribution >= 0.6 is 0 Å². The fourth-order valence-corrected chi connectivity index (χ4v) is 2.10. The van der Waals surface area contributed by atoms with Gasteiger partial charge in [0, 0.05) is 18.4 Å². The number of carbonyl (C=O) groups excluding carboxylic acids is 2. The molecule has 5 nitrogen and oxygen atoms in total. The second kappa shape index (κ2) is 7.45. The molecule has 0 heterocycles. The Morgan fingerprint density at radius 1 is 1.00 bits per heavy atom. The molecule has 0 spiro atoms. The Balaban J connectivity index is 2.03. The lowest BCUT2D eigenvalue weighted by Gasteiger charge is -2.15. The van der Waals surface area contributed by atoms with E-state index in [-0.39, 0.29) is 5.91 Å². The molecule has 1 atom stereocenters. The van der Waals surface area contributed by atoms with Crippen LogP contribution in [0.25, 0.3) is 0 Å². The Morgan fingerprint density at radius 2 is 1.61 bits per heavy atom. The molecule has 0 bridgehead atoms. The van der Waals surface area contributed by atoms with Gasteiger partial charge in [0.15, 0.2) is 6.10 Å². The first-order chi connectivity index (χ1) is 11.0. The third-order valence-corrected chi connectivity index (χ3v) is 3.47. The molecule has 0 aliphatic carbocycles. The molecule has 0 aliphatic rings. The van der Waals surface area contributed by atoms with Crippen LogP contribution in [0.2, 0.25) is 0 Å². The molecule has 2 rings (SSSR count). The van der Waals surface area contributed by atoms with Gasteiger partial charge in [0.1, 0.15) is 0 Å². The number of nitrogens with one attached hydrogen (secondary N) is 2. The Kier molecular flexibility index (Phi) is 5.36. The summed E-state index contributed by atoms with van der Waals surface area (Å²) in [5.74, 6) is -0.906. The number of para-hydroxylation sites is 2. The van der Waals surface area contributed by atoms with E-state index in [0.29, 0.717) is 16.9 Å². The van der Waals surface area contributed by atoms with Gasteiger partial charge in [-0.1, -0.05) is 30.3 Å². The average molecular weight is 312 g/mol. The number of amides is 1. The highest BCUT2D eigenvalue weighted by atomic mass is 16.5. The molecule has 0 aliphatic heterocycles. The van der Waals surface area contributed by atoms with Crippen molar-refractivity contribution in [2.24, 2.45) is 0 Å². The number of benzene rings is 2. The van der Waals surface area contributed by atoms with Crippen molar-refractivity contribution in [3.8, 4) is 0 Å². The van der Waals surface area contributed by atoms with Crippen molar-refractivity contribution < 1.29 is 14.3 Å². The van der Waals surface area contributed by atoms with Crippen LogP contribution in [0.3, 0.4) is 0 Å². The summed E-state index contributed by atoms with van der Waals surface area (Å²) in [4.78, 5) is 24.4. The molecule has 2 aromatic rings. The molecule has 1 amide bonds. The maximum atomic E-state index is 12.2. The normalized spacial score (nSPS) is 11.4. The number of carbonyl (C=O) groups is 2. The number of anilines is 2. The fourth-order valence-electron chi connectivity index (χ4n) is 2.10. The molecule has 1 unspecified atom stereocenters. The number of rotatable bonds is 5. The maximum absolute atomic E-state index is 12.2. The van der Waals surface area contributed by atoms with E-state index < -0.39 is 12.1 Å². The molecule has 0 aromatic heterocycles. The van der Waals surface area contributed by atoms with E-state index in [2.05, 4.69) is 10.6 Å². The molecule has 5 heteroatoms. The number of aryl methyl sites for hydroxylation is 1. The lowest BCUT2D eigenvalue weighted by Crippen LogP contribution is -2.30. The van der Waals surface area contributed by atoms with Gasteiger partial charge in [-0.15, -0.1) is 0 Å².